The van der Waals surface area contributed by atoms with Gasteiger partial charge in [-0.2, -0.15) is 0 Å². The molecule has 3 aromatic carbocycles. The number of thioether (sulfide) groups is 1. The minimum atomic E-state index is -0.445. The maximum absolute atomic E-state index is 13.4. The van der Waals surface area contributed by atoms with Gasteiger partial charge in [0.1, 0.15) is 5.56 Å². The Balaban J connectivity index is 1.48. The molecule has 0 atom stereocenters. The third-order valence-corrected chi connectivity index (χ3v) is 6.63. The van der Waals surface area contributed by atoms with Crippen molar-refractivity contribution in [1.29, 1.82) is 0 Å². The predicted molar refractivity (Wildman–Crippen MR) is 143 cm³/mol. The van der Waals surface area contributed by atoms with Crippen molar-refractivity contribution in [2.24, 2.45) is 0 Å². The smallest absolute Gasteiger partial charge is 0.267 e. The molecular formula is C29H27N3O3S. The van der Waals surface area contributed by atoms with Gasteiger partial charge in [0, 0.05) is 18.3 Å². The van der Waals surface area contributed by atoms with Gasteiger partial charge in [-0.15, -0.1) is 0 Å². The van der Waals surface area contributed by atoms with Crippen molar-refractivity contribution in [3.63, 3.8) is 0 Å². The molecule has 4 aromatic rings. The molecule has 0 aliphatic carbocycles. The lowest BCUT2D eigenvalue weighted by Crippen LogP contribution is -2.35. The minimum absolute atomic E-state index is 0.00984. The monoisotopic (exact) mass is 497 g/mol. The number of amides is 1. The summed E-state index contributed by atoms with van der Waals surface area (Å²) >= 11 is 1.19. The van der Waals surface area contributed by atoms with Gasteiger partial charge in [0.05, 0.1) is 12.3 Å². The van der Waals surface area contributed by atoms with Crippen molar-refractivity contribution < 1.29 is 9.59 Å². The minimum Gasteiger partial charge on any atom is -0.352 e. The molecule has 0 spiro atoms. The van der Waals surface area contributed by atoms with Crippen LogP contribution in [-0.4, -0.2) is 33.5 Å². The molecule has 0 aliphatic rings. The molecule has 0 aliphatic heterocycles. The van der Waals surface area contributed by atoms with Crippen LogP contribution in [-0.2, 0) is 13.0 Å². The molecule has 1 amide bonds. The van der Waals surface area contributed by atoms with Gasteiger partial charge in [-0.1, -0.05) is 103 Å². The van der Waals surface area contributed by atoms with Gasteiger partial charge in [0.2, 0.25) is 0 Å². The Kier molecular flexibility index (Phi) is 8.83. The number of carbonyl (C=O) groups excluding carboxylic acids is 2. The zero-order valence-electron chi connectivity index (χ0n) is 19.8. The van der Waals surface area contributed by atoms with E-state index in [9.17, 15) is 14.4 Å². The van der Waals surface area contributed by atoms with Crippen molar-refractivity contribution in [3.8, 4) is 0 Å². The lowest BCUT2D eigenvalue weighted by Gasteiger charge is -2.13. The molecule has 0 fully saturated rings. The van der Waals surface area contributed by atoms with Crippen molar-refractivity contribution in [2.45, 2.75) is 24.5 Å². The molecule has 182 valence electrons. The highest BCUT2D eigenvalue weighted by molar-refractivity contribution is 7.99. The molecule has 0 saturated heterocycles. The maximum atomic E-state index is 13.4. The number of nitrogens with one attached hydrogen (secondary N) is 1. The number of ketones is 1. The maximum Gasteiger partial charge on any atom is 0.267 e. The Hall–Kier alpha value is -3.97. The quantitative estimate of drug-likeness (QED) is 0.141. The van der Waals surface area contributed by atoms with Gasteiger partial charge < -0.3 is 5.32 Å². The summed E-state index contributed by atoms with van der Waals surface area (Å²) < 4.78 is 1.47. The van der Waals surface area contributed by atoms with Crippen molar-refractivity contribution in [1.82, 2.24) is 14.9 Å². The third-order valence-electron chi connectivity index (χ3n) is 5.64. The number of hydrogen-bond acceptors (Lipinski definition) is 5. The summed E-state index contributed by atoms with van der Waals surface area (Å²) in [5.74, 6) is -0.364. The van der Waals surface area contributed by atoms with Crippen LogP contribution in [0.4, 0.5) is 0 Å². The molecule has 0 radical (unpaired) electrons. The number of nitrogens with zero attached hydrogens (tertiary/aromatic N) is 2. The second-order valence-corrected chi connectivity index (χ2v) is 9.20. The molecule has 1 N–H and O–H groups in total. The molecule has 0 bridgehead atoms. The van der Waals surface area contributed by atoms with E-state index >= 15 is 0 Å². The van der Waals surface area contributed by atoms with Gasteiger partial charge in [-0.05, 0) is 24.0 Å². The van der Waals surface area contributed by atoms with Crippen LogP contribution in [0.25, 0.3) is 0 Å². The van der Waals surface area contributed by atoms with E-state index in [1.165, 1.54) is 28.1 Å². The average molecular weight is 498 g/mol. The number of Topliss-reactive ketones (excluding diaryl/α,β-unsaturated/α-hetero) is 1. The fourth-order valence-electron chi connectivity index (χ4n) is 3.73. The topological polar surface area (TPSA) is 81.1 Å². The van der Waals surface area contributed by atoms with Crippen LogP contribution in [0.15, 0.2) is 107 Å². The zero-order chi connectivity index (χ0) is 25.2. The van der Waals surface area contributed by atoms with E-state index < -0.39 is 11.5 Å². The fourth-order valence-corrected chi connectivity index (χ4v) is 4.58. The van der Waals surface area contributed by atoms with Crippen LogP contribution in [0.3, 0.4) is 0 Å². The van der Waals surface area contributed by atoms with Crippen LogP contribution in [0.2, 0.25) is 0 Å². The number of aryl methyl sites for hydroxylation is 1. The first-order valence-electron chi connectivity index (χ1n) is 11.8. The Morgan fingerprint density at radius 1 is 0.833 bits per heavy atom. The van der Waals surface area contributed by atoms with E-state index in [1.54, 1.807) is 12.1 Å². The van der Waals surface area contributed by atoms with Crippen LogP contribution in [0.1, 0.15) is 38.3 Å². The normalized spacial score (nSPS) is 10.7. The SMILES string of the molecule is O=C(CSc1ncc(C(=O)NCCCc2ccccc2)c(=O)n1Cc1ccccc1)c1ccccc1. The first-order valence-corrected chi connectivity index (χ1v) is 12.8. The second-order valence-electron chi connectivity index (χ2n) is 8.25. The summed E-state index contributed by atoms with van der Waals surface area (Å²) in [6.45, 7) is 0.706. The van der Waals surface area contributed by atoms with Crippen molar-refractivity contribution in [3.05, 3.63) is 130 Å². The highest BCUT2D eigenvalue weighted by atomic mass is 32.2. The van der Waals surface area contributed by atoms with Gasteiger partial charge in [-0.3, -0.25) is 19.0 Å². The number of benzene rings is 3. The number of carbonyl (C=O) groups is 2. The van der Waals surface area contributed by atoms with Gasteiger partial charge in [-0.25, -0.2) is 4.98 Å². The van der Waals surface area contributed by atoms with Crippen molar-refractivity contribution >= 4 is 23.5 Å². The number of rotatable bonds is 11. The molecule has 7 heteroatoms. The molecule has 0 unspecified atom stereocenters. The van der Waals surface area contributed by atoms with Crippen LogP contribution < -0.4 is 10.9 Å². The van der Waals surface area contributed by atoms with E-state index in [0.29, 0.717) is 17.3 Å². The molecule has 0 saturated carbocycles. The molecule has 1 aromatic heterocycles. The predicted octanol–water partition coefficient (Wildman–Crippen LogP) is 4.63. The summed E-state index contributed by atoms with van der Waals surface area (Å²) in [6.07, 6.45) is 2.91. The first kappa shape index (κ1) is 25.1. The summed E-state index contributed by atoms with van der Waals surface area (Å²) in [5.41, 5.74) is 2.27. The van der Waals surface area contributed by atoms with E-state index in [2.05, 4.69) is 10.3 Å². The summed E-state index contributed by atoms with van der Waals surface area (Å²) in [7, 11) is 0. The number of hydrogen-bond donors (Lipinski definition) is 1. The first-order chi connectivity index (χ1) is 17.6. The Bertz CT molecular complexity index is 1360. The summed E-state index contributed by atoms with van der Waals surface area (Å²) in [4.78, 5) is 43.2. The largest absolute Gasteiger partial charge is 0.352 e. The molecule has 4 rings (SSSR count). The van der Waals surface area contributed by atoms with Crippen LogP contribution in [0.5, 0.6) is 0 Å². The van der Waals surface area contributed by atoms with Gasteiger partial charge in [0.25, 0.3) is 11.5 Å². The highest BCUT2D eigenvalue weighted by Crippen LogP contribution is 2.18. The molecule has 6 nitrogen and oxygen atoms in total. The summed E-state index contributed by atoms with van der Waals surface area (Å²) in [5, 5.41) is 3.24. The molecular weight excluding hydrogens is 470 g/mol. The van der Waals surface area contributed by atoms with Crippen LogP contribution in [0, 0.1) is 0 Å². The second kappa shape index (κ2) is 12.7. The Morgan fingerprint density at radius 2 is 1.44 bits per heavy atom. The van der Waals surface area contributed by atoms with E-state index in [4.69, 9.17) is 0 Å². The number of aromatic nitrogens is 2. The lowest BCUT2D eigenvalue weighted by atomic mass is 10.1. The van der Waals surface area contributed by atoms with Gasteiger partial charge >= 0.3 is 0 Å². The summed E-state index contributed by atoms with van der Waals surface area (Å²) in [6, 6.07) is 28.6. The van der Waals surface area contributed by atoms with Crippen molar-refractivity contribution in [2.75, 3.05) is 12.3 Å². The van der Waals surface area contributed by atoms with E-state index in [1.807, 2.05) is 78.9 Å². The van der Waals surface area contributed by atoms with Gasteiger partial charge in [0.15, 0.2) is 10.9 Å². The zero-order valence-corrected chi connectivity index (χ0v) is 20.6. The average Bonchev–Trinajstić information content (AvgIpc) is 2.93. The Morgan fingerprint density at radius 3 is 2.11 bits per heavy atom. The molecule has 1 heterocycles. The standard InChI is InChI=1S/C29H27N3O3S/c33-26(24-16-8-3-9-17-24)21-36-29-31-19-25(28(35)32(29)20-23-13-6-2-7-14-23)27(34)30-18-10-15-22-11-4-1-5-12-22/h1-9,11-14,16-17,19H,10,15,18,20-21H2,(H,30,34). The van der Waals surface area contributed by atoms with E-state index in [0.717, 1.165) is 18.4 Å². The third kappa shape index (κ3) is 6.79. The fraction of sp³-hybridized carbons (Fsp3) is 0.172. The highest BCUT2D eigenvalue weighted by Gasteiger charge is 2.18. The Labute approximate surface area is 214 Å². The lowest BCUT2D eigenvalue weighted by molar-refractivity contribution is 0.0949. The van der Waals surface area contributed by atoms with Crippen LogP contribution >= 0.6 is 11.8 Å². The van der Waals surface area contributed by atoms with E-state index in [-0.39, 0.29) is 23.6 Å². The molecule has 36 heavy (non-hydrogen) atoms.